The Morgan fingerprint density at radius 3 is 1.27 bits per heavy atom. The van der Waals surface area contributed by atoms with Gasteiger partial charge in [-0.05, 0) is 14.1 Å². The van der Waals surface area contributed by atoms with Crippen LogP contribution in [0.4, 0.5) is 0 Å². The summed E-state index contributed by atoms with van der Waals surface area (Å²) in [6.07, 6.45) is 3.09. The van der Waals surface area contributed by atoms with Crippen molar-refractivity contribution in [2.75, 3.05) is 66.5 Å². The van der Waals surface area contributed by atoms with Gasteiger partial charge in [-0.1, -0.05) is 0 Å². The summed E-state index contributed by atoms with van der Waals surface area (Å²) in [7, 11) is 4.15. The summed E-state index contributed by atoms with van der Waals surface area (Å²) in [6, 6.07) is 0. The third-order valence-corrected chi connectivity index (χ3v) is 4.73. The molecule has 120 valence electrons. The Morgan fingerprint density at radius 1 is 0.636 bits per heavy atom. The number of piperazine rings is 2. The number of hydrogen-bond donors (Lipinski definition) is 0. The van der Waals surface area contributed by atoms with E-state index in [-0.39, 0.29) is 11.6 Å². The van der Waals surface area contributed by atoms with E-state index in [2.05, 4.69) is 23.9 Å². The lowest BCUT2D eigenvalue weighted by atomic mass is 10.0. The molecule has 3 rings (SSSR count). The summed E-state index contributed by atoms with van der Waals surface area (Å²) >= 11 is 0. The van der Waals surface area contributed by atoms with Gasteiger partial charge < -0.3 is 19.6 Å². The molecule has 0 spiro atoms. The average molecular weight is 304 g/mol. The molecule has 0 aromatic rings. The summed E-state index contributed by atoms with van der Waals surface area (Å²) in [6.45, 7) is 6.92. The van der Waals surface area contributed by atoms with Crippen LogP contribution in [0, 0.1) is 0 Å². The van der Waals surface area contributed by atoms with Gasteiger partial charge in [0.15, 0.2) is 0 Å². The monoisotopic (exact) mass is 304 g/mol. The van der Waals surface area contributed by atoms with Crippen LogP contribution < -0.4 is 0 Å². The van der Waals surface area contributed by atoms with Crippen molar-refractivity contribution in [3.05, 3.63) is 23.5 Å². The van der Waals surface area contributed by atoms with E-state index in [4.69, 9.17) is 0 Å². The Morgan fingerprint density at radius 2 is 0.955 bits per heavy atom. The molecule has 22 heavy (non-hydrogen) atoms. The van der Waals surface area contributed by atoms with Gasteiger partial charge in [-0.3, -0.25) is 9.59 Å². The highest BCUT2D eigenvalue weighted by atomic mass is 16.1. The molecule has 3 aliphatic rings. The molecule has 2 heterocycles. The van der Waals surface area contributed by atoms with Crippen molar-refractivity contribution >= 4 is 11.6 Å². The number of likely N-dealkylation sites (N-methyl/N-ethyl adjacent to an activating group) is 2. The minimum Gasteiger partial charge on any atom is -0.366 e. The standard InChI is InChI=1S/C16H24N4O2/c1-17-3-7-19(8-4-17)13-11-16(22)14(12-15(13)21)20-9-5-18(2)6-10-20/h11-12H,3-10H2,1-2H3. The fourth-order valence-electron chi connectivity index (χ4n) is 3.13. The van der Waals surface area contributed by atoms with Gasteiger partial charge in [0, 0.05) is 64.5 Å². The third kappa shape index (κ3) is 3.08. The normalized spacial score (nSPS) is 25.4. The first-order chi connectivity index (χ1) is 10.5. The fraction of sp³-hybridized carbons (Fsp3) is 0.625. The second kappa shape index (κ2) is 6.22. The number of nitrogens with zero attached hydrogens (tertiary/aromatic N) is 4. The van der Waals surface area contributed by atoms with Gasteiger partial charge in [0.2, 0.25) is 11.6 Å². The van der Waals surface area contributed by atoms with Crippen molar-refractivity contribution in [2.24, 2.45) is 0 Å². The van der Waals surface area contributed by atoms with E-state index in [1.807, 2.05) is 9.80 Å². The first kappa shape index (κ1) is 15.2. The van der Waals surface area contributed by atoms with Crippen molar-refractivity contribution in [3.63, 3.8) is 0 Å². The largest absolute Gasteiger partial charge is 0.366 e. The van der Waals surface area contributed by atoms with E-state index in [0.29, 0.717) is 11.4 Å². The number of carbonyl (C=O) groups excluding carboxylic acids is 2. The zero-order valence-corrected chi connectivity index (χ0v) is 13.4. The number of hydrogen-bond acceptors (Lipinski definition) is 6. The molecule has 0 atom stereocenters. The molecule has 6 nitrogen and oxygen atoms in total. The fourth-order valence-corrected chi connectivity index (χ4v) is 3.13. The number of carbonyl (C=O) groups is 2. The number of allylic oxidation sites excluding steroid dienone is 2. The first-order valence-electron chi connectivity index (χ1n) is 7.93. The molecule has 2 saturated heterocycles. The van der Waals surface area contributed by atoms with Gasteiger partial charge in [-0.15, -0.1) is 0 Å². The maximum atomic E-state index is 12.4. The maximum absolute atomic E-state index is 12.4. The van der Waals surface area contributed by atoms with E-state index in [1.165, 1.54) is 0 Å². The van der Waals surface area contributed by atoms with E-state index >= 15 is 0 Å². The van der Waals surface area contributed by atoms with E-state index in [9.17, 15) is 9.59 Å². The van der Waals surface area contributed by atoms with Crippen LogP contribution in [-0.2, 0) is 9.59 Å². The van der Waals surface area contributed by atoms with Crippen molar-refractivity contribution < 1.29 is 9.59 Å². The molecule has 0 saturated carbocycles. The van der Waals surface area contributed by atoms with Gasteiger partial charge in [0.25, 0.3) is 0 Å². The highest BCUT2D eigenvalue weighted by molar-refractivity contribution is 6.19. The third-order valence-electron chi connectivity index (χ3n) is 4.73. The molecule has 2 fully saturated rings. The Hall–Kier alpha value is -1.66. The average Bonchev–Trinajstić information content (AvgIpc) is 2.51. The van der Waals surface area contributed by atoms with Crippen LogP contribution in [0.2, 0.25) is 0 Å². The Kier molecular flexibility index (Phi) is 4.31. The first-order valence-corrected chi connectivity index (χ1v) is 7.93. The van der Waals surface area contributed by atoms with Gasteiger partial charge in [0.05, 0.1) is 11.4 Å². The molecular weight excluding hydrogens is 280 g/mol. The molecule has 0 aromatic carbocycles. The summed E-state index contributed by atoms with van der Waals surface area (Å²) in [5.74, 6) is -0.0591. The Bertz CT molecular complexity index is 476. The van der Waals surface area contributed by atoms with Crippen LogP contribution in [0.5, 0.6) is 0 Å². The van der Waals surface area contributed by atoms with E-state index in [1.54, 1.807) is 12.2 Å². The Balaban J connectivity index is 1.70. The molecule has 0 N–H and O–H groups in total. The molecule has 0 aromatic heterocycles. The van der Waals surface area contributed by atoms with Crippen molar-refractivity contribution in [1.29, 1.82) is 0 Å². The van der Waals surface area contributed by atoms with Crippen LogP contribution in [0.1, 0.15) is 0 Å². The van der Waals surface area contributed by atoms with E-state index < -0.39 is 0 Å². The Labute approximate surface area is 131 Å². The minimum atomic E-state index is -0.0296. The molecule has 0 unspecified atom stereocenters. The quantitative estimate of drug-likeness (QED) is 0.635. The maximum Gasteiger partial charge on any atom is 0.204 e. The predicted molar refractivity (Wildman–Crippen MR) is 84.3 cm³/mol. The summed E-state index contributed by atoms with van der Waals surface area (Å²) < 4.78 is 0. The molecule has 0 bridgehead atoms. The van der Waals surface area contributed by atoms with Crippen molar-refractivity contribution in [1.82, 2.24) is 19.6 Å². The lowest BCUT2D eigenvalue weighted by Crippen LogP contribution is -2.47. The van der Waals surface area contributed by atoms with Gasteiger partial charge >= 0.3 is 0 Å². The van der Waals surface area contributed by atoms with Crippen LogP contribution >= 0.6 is 0 Å². The zero-order valence-electron chi connectivity index (χ0n) is 13.4. The summed E-state index contributed by atoms with van der Waals surface area (Å²) in [4.78, 5) is 33.4. The van der Waals surface area contributed by atoms with Crippen molar-refractivity contribution in [3.8, 4) is 0 Å². The summed E-state index contributed by atoms with van der Waals surface area (Å²) in [5.41, 5.74) is 1.13. The van der Waals surface area contributed by atoms with Crippen LogP contribution in [0.15, 0.2) is 23.5 Å². The lowest BCUT2D eigenvalue weighted by Gasteiger charge is -2.37. The van der Waals surface area contributed by atoms with Crippen LogP contribution in [0.3, 0.4) is 0 Å². The summed E-state index contributed by atoms with van der Waals surface area (Å²) in [5, 5.41) is 0. The highest BCUT2D eigenvalue weighted by Crippen LogP contribution is 2.20. The van der Waals surface area contributed by atoms with Crippen LogP contribution in [0.25, 0.3) is 0 Å². The topological polar surface area (TPSA) is 47.1 Å². The number of ketones is 2. The molecule has 0 amide bonds. The molecule has 0 radical (unpaired) electrons. The molecular formula is C16H24N4O2. The number of rotatable bonds is 2. The predicted octanol–water partition coefficient (Wildman–Crippen LogP) is -0.599. The smallest absolute Gasteiger partial charge is 0.204 e. The molecule has 1 aliphatic carbocycles. The lowest BCUT2D eigenvalue weighted by molar-refractivity contribution is -0.117. The van der Waals surface area contributed by atoms with Gasteiger partial charge in [-0.2, -0.15) is 0 Å². The van der Waals surface area contributed by atoms with Crippen LogP contribution in [-0.4, -0.2) is 97.6 Å². The second-order valence-corrected chi connectivity index (χ2v) is 6.37. The van der Waals surface area contributed by atoms with Crippen molar-refractivity contribution in [2.45, 2.75) is 0 Å². The molecule has 6 heteroatoms. The molecule has 2 aliphatic heterocycles. The van der Waals surface area contributed by atoms with Gasteiger partial charge in [0.1, 0.15) is 0 Å². The van der Waals surface area contributed by atoms with Gasteiger partial charge in [-0.25, -0.2) is 0 Å². The highest BCUT2D eigenvalue weighted by Gasteiger charge is 2.29. The second-order valence-electron chi connectivity index (χ2n) is 6.37. The SMILES string of the molecule is CN1CCN(C2=CC(=O)C(N3CCN(C)CC3)=CC2=O)CC1. The van der Waals surface area contributed by atoms with E-state index in [0.717, 1.165) is 52.4 Å². The minimum absolute atomic E-state index is 0.0296. The zero-order chi connectivity index (χ0) is 15.7.